The van der Waals surface area contributed by atoms with Crippen LogP contribution in [0.5, 0.6) is 0 Å². The van der Waals surface area contributed by atoms with Crippen LogP contribution in [0.1, 0.15) is 23.4 Å². The first kappa shape index (κ1) is 14.3. The van der Waals surface area contributed by atoms with E-state index in [1.807, 2.05) is 25.8 Å². The number of nitrogens with zero attached hydrogens (tertiary/aromatic N) is 2. The number of likely N-dealkylation sites (N-methyl/N-ethyl adjacent to an activating group) is 1. The number of nitrogens with one attached hydrogen (secondary N) is 1. The summed E-state index contributed by atoms with van der Waals surface area (Å²) in [6.45, 7) is 6.21. The predicted molar refractivity (Wildman–Crippen MR) is 76.7 cm³/mol. The Morgan fingerprint density at radius 2 is 2.26 bits per heavy atom. The molecule has 0 saturated carbocycles. The van der Waals surface area contributed by atoms with Gasteiger partial charge in [-0.2, -0.15) is 0 Å². The molecule has 1 saturated heterocycles. The van der Waals surface area contributed by atoms with Gasteiger partial charge in [-0.3, -0.25) is 9.59 Å². The molecule has 6 heteroatoms. The molecule has 2 heterocycles. The summed E-state index contributed by atoms with van der Waals surface area (Å²) in [5.74, 6) is 0.115. The average Bonchev–Trinajstić information content (AvgIpc) is 2.97. The van der Waals surface area contributed by atoms with Gasteiger partial charge in [-0.15, -0.1) is 0 Å². The third-order valence-corrected chi connectivity index (χ3v) is 4.90. The maximum absolute atomic E-state index is 12.1. The van der Waals surface area contributed by atoms with Crippen LogP contribution in [0, 0.1) is 13.8 Å². The summed E-state index contributed by atoms with van der Waals surface area (Å²) in [5.41, 5.74) is 0.980. The van der Waals surface area contributed by atoms with Crippen LogP contribution in [0.4, 0.5) is 0 Å². The number of hydrogen-bond donors (Lipinski definition) is 1. The lowest BCUT2D eigenvalue weighted by atomic mass is 10.2. The number of rotatable bonds is 4. The highest BCUT2D eigenvalue weighted by Crippen LogP contribution is 2.11. The summed E-state index contributed by atoms with van der Waals surface area (Å²) in [6.07, 6.45) is 1.41. The van der Waals surface area contributed by atoms with Gasteiger partial charge in [0.05, 0.1) is 0 Å². The van der Waals surface area contributed by atoms with Crippen molar-refractivity contribution in [3.05, 3.63) is 20.2 Å². The van der Waals surface area contributed by atoms with Crippen LogP contribution in [0.25, 0.3) is 0 Å². The molecule has 1 atom stereocenters. The Morgan fingerprint density at radius 3 is 2.79 bits per heavy atom. The third kappa shape index (κ3) is 3.06. The van der Waals surface area contributed by atoms with Crippen molar-refractivity contribution in [2.24, 2.45) is 0 Å². The number of carbonyl (C=O) groups excluding carboxylic acids is 1. The molecule has 1 fully saturated rings. The SMILES string of the molecule is Cc1sc(=O)n(CCC(=O)N(C)C2CCNC2)c1C. The van der Waals surface area contributed by atoms with E-state index in [-0.39, 0.29) is 10.8 Å². The minimum Gasteiger partial charge on any atom is -0.341 e. The minimum atomic E-state index is 0.0352. The molecular formula is C13H21N3O2S. The fraction of sp³-hybridized carbons (Fsp3) is 0.692. The number of carbonyl (C=O) groups is 1. The van der Waals surface area contributed by atoms with Gasteiger partial charge in [0.25, 0.3) is 0 Å². The van der Waals surface area contributed by atoms with Crippen LogP contribution in [0.3, 0.4) is 0 Å². The van der Waals surface area contributed by atoms with Crippen LogP contribution in [-0.4, -0.2) is 41.6 Å². The second-order valence-corrected chi connectivity index (χ2v) is 6.23. The number of hydrogen-bond acceptors (Lipinski definition) is 4. The molecule has 1 N–H and O–H groups in total. The van der Waals surface area contributed by atoms with Gasteiger partial charge in [-0.1, -0.05) is 11.3 Å². The summed E-state index contributed by atoms with van der Waals surface area (Å²) >= 11 is 1.25. The largest absolute Gasteiger partial charge is 0.341 e. The van der Waals surface area contributed by atoms with Gasteiger partial charge >= 0.3 is 4.87 Å². The van der Waals surface area contributed by atoms with E-state index < -0.39 is 0 Å². The molecule has 1 aromatic heterocycles. The highest BCUT2D eigenvalue weighted by molar-refractivity contribution is 7.09. The zero-order valence-electron chi connectivity index (χ0n) is 11.7. The molecule has 106 valence electrons. The van der Waals surface area contributed by atoms with Gasteiger partial charge in [-0.25, -0.2) is 0 Å². The maximum atomic E-state index is 12.1. The van der Waals surface area contributed by atoms with Gasteiger partial charge in [0.15, 0.2) is 0 Å². The molecule has 19 heavy (non-hydrogen) atoms. The molecule has 1 aliphatic rings. The third-order valence-electron chi connectivity index (χ3n) is 3.90. The Hall–Kier alpha value is -1.14. The molecule has 0 radical (unpaired) electrons. The van der Waals surface area contributed by atoms with Crippen LogP contribution in [0.2, 0.25) is 0 Å². The molecule has 1 unspecified atom stereocenters. The van der Waals surface area contributed by atoms with Crippen molar-refractivity contribution in [3.8, 4) is 0 Å². The smallest absolute Gasteiger partial charge is 0.307 e. The Kier molecular flexibility index (Phi) is 4.42. The number of aromatic nitrogens is 1. The molecule has 1 amide bonds. The summed E-state index contributed by atoms with van der Waals surface area (Å²) in [5, 5.41) is 3.26. The lowest BCUT2D eigenvalue weighted by Gasteiger charge is -2.23. The van der Waals surface area contributed by atoms with E-state index in [4.69, 9.17) is 0 Å². The number of thiazole rings is 1. The fourth-order valence-corrected chi connectivity index (χ4v) is 3.26. The highest BCUT2D eigenvalue weighted by atomic mass is 32.1. The Bertz CT molecular complexity index is 514. The van der Waals surface area contributed by atoms with E-state index >= 15 is 0 Å². The summed E-state index contributed by atoms with van der Waals surface area (Å²) in [7, 11) is 1.86. The quantitative estimate of drug-likeness (QED) is 0.886. The normalized spacial score (nSPS) is 18.8. The van der Waals surface area contributed by atoms with Crippen LogP contribution in [0.15, 0.2) is 4.79 Å². The molecule has 5 nitrogen and oxygen atoms in total. The van der Waals surface area contributed by atoms with E-state index in [9.17, 15) is 9.59 Å². The molecule has 0 bridgehead atoms. The van der Waals surface area contributed by atoms with Crippen molar-refractivity contribution in [2.75, 3.05) is 20.1 Å². The lowest BCUT2D eigenvalue weighted by Crippen LogP contribution is -2.39. The van der Waals surface area contributed by atoms with Gasteiger partial charge in [0.1, 0.15) is 0 Å². The lowest BCUT2D eigenvalue weighted by molar-refractivity contribution is -0.131. The van der Waals surface area contributed by atoms with E-state index in [1.54, 1.807) is 4.57 Å². The summed E-state index contributed by atoms with van der Waals surface area (Å²) in [4.78, 5) is 26.8. The van der Waals surface area contributed by atoms with Crippen LogP contribution < -0.4 is 10.2 Å². The van der Waals surface area contributed by atoms with E-state index in [0.29, 0.717) is 19.0 Å². The topological polar surface area (TPSA) is 54.3 Å². The van der Waals surface area contributed by atoms with Crippen molar-refractivity contribution >= 4 is 17.2 Å². The fourth-order valence-electron chi connectivity index (χ4n) is 2.40. The van der Waals surface area contributed by atoms with Crippen molar-refractivity contribution < 1.29 is 4.79 Å². The molecule has 0 spiro atoms. The Balaban J connectivity index is 1.94. The van der Waals surface area contributed by atoms with Crippen molar-refractivity contribution in [3.63, 3.8) is 0 Å². The summed E-state index contributed by atoms with van der Waals surface area (Å²) < 4.78 is 1.71. The van der Waals surface area contributed by atoms with Gasteiger partial charge in [0, 0.05) is 43.2 Å². The Labute approximate surface area is 117 Å². The second kappa shape index (κ2) is 5.88. The zero-order valence-corrected chi connectivity index (χ0v) is 12.5. The van der Waals surface area contributed by atoms with Gasteiger partial charge < -0.3 is 14.8 Å². The van der Waals surface area contributed by atoms with E-state index in [1.165, 1.54) is 11.3 Å². The van der Waals surface area contributed by atoms with Crippen molar-refractivity contribution in [1.82, 2.24) is 14.8 Å². The van der Waals surface area contributed by atoms with E-state index in [0.717, 1.165) is 30.1 Å². The first-order chi connectivity index (χ1) is 9.00. The molecule has 0 aromatic carbocycles. The number of amides is 1. The van der Waals surface area contributed by atoms with E-state index in [2.05, 4.69) is 5.32 Å². The van der Waals surface area contributed by atoms with Gasteiger partial charge in [-0.05, 0) is 26.8 Å². The second-order valence-electron chi connectivity index (χ2n) is 5.06. The molecule has 2 rings (SSSR count). The predicted octanol–water partition coefficient (Wildman–Crippen LogP) is 0.737. The first-order valence-corrected chi connectivity index (χ1v) is 7.45. The van der Waals surface area contributed by atoms with Crippen LogP contribution >= 0.6 is 11.3 Å². The number of aryl methyl sites for hydroxylation is 1. The van der Waals surface area contributed by atoms with Crippen LogP contribution in [-0.2, 0) is 11.3 Å². The van der Waals surface area contributed by atoms with Gasteiger partial charge in [0.2, 0.25) is 5.91 Å². The molecular weight excluding hydrogens is 262 g/mol. The average molecular weight is 283 g/mol. The zero-order chi connectivity index (χ0) is 14.0. The van der Waals surface area contributed by atoms with Crippen molar-refractivity contribution in [1.29, 1.82) is 0 Å². The Morgan fingerprint density at radius 1 is 1.53 bits per heavy atom. The minimum absolute atomic E-state index is 0.0352. The monoisotopic (exact) mass is 283 g/mol. The molecule has 1 aromatic rings. The molecule has 1 aliphatic heterocycles. The maximum Gasteiger partial charge on any atom is 0.307 e. The van der Waals surface area contributed by atoms with Crippen molar-refractivity contribution in [2.45, 2.75) is 39.3 Å². The summed E-state index contributed by atoms with van der Waals surface area (Å²) in [6, 6.07) is 0.300. The highest BCUT2D eigenvalue weighted by Gasteiger charge is 2.23. The molecule has 0 aliphatic carbocycles. The standard InChI is InChI=1S/C13H21N3O2S/c1-9-10(2)19-13(18)16(9)7-5-12(17)15(3)11-4-6-14-8-11/h11,14H,4-8H2,1-3H3. The first-order valence-electron chi connectivity index (χ1n) is 6.64.